The number of nitrogens with zero attached hydrogens (tertiary/aromatic N) is 2. The van der Waals surface area contributed by atoms with E-state index < -0.39 is 0 Å². The molecule has 7 heteroatoms. The van der Waals surface area contributed by atoms with Crippen molar-refractivity contribution in [3.8, 4) is 0 Å². The highest BCUT2D eigenvalue weighted by atomic mass is 16.1. The van der Waals surface area contributed by atoms with E-state index in [1.807, 2.05) is 6.08 Å². The highest BCUT2D eigenvalue weighted by Crippen LogP contribution is 2.12. The SMILES string of the molecule is CC(C)=CCCC(C)=CCCC(C)C=CC(=O)NCCC1CN(CCCN=C(N)N)C[NH+]1C. The molecule has 7 nitrogen and oxygen atoms in total. The maximum Gasteiger partial charge on any atom is 0.243 e. The first-order valence-corrected chi connectivity index (χ1v) is 12.5. The largest absolute Gasteiger partial charge is 0.370 e. The van der Waals surface area contributed by atoms with Crippen molar-refractivity contribution in [3.63, 3.8) is 0 Å². The number of rotatable bonds is 15. The van der Waals surface area contributed by atoms with E-state index in [1.165, 1.54) is 16.0 Å². The van der Waals surface area contributed by atoms with Crippen LogP contribution >= 0.6 is 0 Å². The third-order valence-corrected chi connectivity index (χ3v) is 6.15. The topological polar surface area (TPSA) is 101 Å². The summed E-state index contributed by atoms with van der Waals surface area (Å²) in [5, 5.41) is 3.05. The van der Waals surface area contributed by atoms with Gasteiger partial charge >= 0.3 is 0 Å². The molecule has 1 heterocycles. The minimum atomic E-state index is 0.0139. The van der Waals surface area contributed by atoms with Crippen molar-refractivity contribution < 1.29 is 9.69 Å². The Morgan fingerprint density at radius 3 is 2.70 bits per heavy atom. The van der Waals surface area contributed by atoms with E-state index in [0.717, 1.165) is 64.8 Å². The Bertz CT molecular complexity index is 689. The molecule has 3 unspecified atom stereocenters. The van der Waals surface area contributed by atoms with Gasteiger partial charge in [-0.25, -0.2) is 0 Å². The summed E-state index contributed by atoms with van der Waals surface area (Å²) in [4.78, 5) is 20.2. The zero-order valence-corrected chi connectivity index (χ0v) is 21.7. The average Bonchev–Trinajstić information content (AvgIpc) is 3.08. The lowest BCUT2D eigenvalue weighted by molar-refractivity contribution is -0.896. The number of carbonyl (C=O) groups excluding carboxylic acids is 1. The Labute approximate surface area is 202 Å². The van der Waals surface area contributed by atoms with Gasteiger partial charge in [-0.2, -0.15) is 0 Å². The summed E-state index contributed by atoms with van der Waals surface area (Å²) >= 11 is 0. The average molecular weight is 462 g/mol. The third kappa shape index (κ3) is 14.6. The maximum atomic E-state index is 12.2. The van der Waals surface area contributed by atoms with E-state index >= 15 is 0 Å². The van der Waals surface area contributed by atoms with Crippen LogP contribution in [-0.4, -0.2) is 62.7 Å². The number of nitrogens with two attached hydrogens (primary N) is 2. The van der Waals surface area contributed by atoms with Crippen molar-refractivity contribution in [2.24, 2.45) is 22.4 Å². The molecule has 1 saturated heterocycles. The zero-order chi connectivity index (χ0) is 24.6. The lowest BCUT2D eigenvalue weighted by atomic mass is 10.0. The summed E-state index contributed by atoms with van der Waals surface area (Å²) in [6.45, 7) is 13.2. The first-order chi connectivity index (χ1) is 15.7. The Morgan fingerprint density at radius 1 is 1.24 bits per heavy atom. The molecule has 33 heavy (non-hydrogen) atoms. The number of quaternary nitrogens is 1. The fourth-order valence-corrected chi connectivity index (χ4v) is 4.08. The van der Waals surface area contributed by atoms with Crippen LogP contribution in [0.15, 0.2) is 40.4 Å². The summed E-state index contributed by atoms with van der Waals surface area (Å²) in [5.74, 6) is 0.574. The second kappa shape index (κ2) is 16.5. The van der Waals surface area contributed by atoms with Gasteiger partial charge in [-0.15, -0.1) is 0 Å². The number of carbonyl (C=O) groups is 1. The van der Waals surface area contributed by atoms with E-state index in [2.05, 4.69) is 62.1 Å². The lowest BCUT2D eigenvalue weighted by Gasteiger charge is -2.14. The Morgan fingerprint density at radius 2 is 2.00 bits per heavy atom. The van der Waals surface area contributed by atoms with Crippen molar-refractivity contribution in [2.75, 3.05) is 39.9 Å². The van der Waals surface area contributed by atoms with Crippen LogP contribution in [0.5, 0.6) is 0 Å². The quantitative estimate of drug-likeness (QED) is 0.0985. The molecule has 3 atom stereocenters. The monoisotopic (exact) mass is 461 g/mol. The van der Waals surface area contributed by atoms with E-state index in [-0.39, 0.29) is 11.9 Å². The van der Waals surface area contributed by atoms with Gasteiger partial charge < -0.3 is 21.7 Å². The summed E-state index contributed by atoms with van der Waals surface area (Å²) < 4.78 is 0. The van der Waals surface area contributed by atoms with Gasteiger partial charge in [0, 0.05) is 26.1 Å². The van der Waals surface area contributed by atoms with Gasteiger partial charge in [0.25, 0.3) is 0 Å². The molecule has 0 aromatic carbocycles. The summed E-state index contributed by atoms with van der Waals surface area (Å²) in [7, 11) is 2.22. The van der Waals surface area contributed by atoms with Gasteiger partial charge in [-0.3, -0.25) is 14.7 Å². The van der Waals surface area contributed by atoms with Gasteiger partial charge in [0.2, 0.25) is 5.91 Å². The molecule has 0 aromatic rings. The number of hydrogen-bond acceptors (Lipinski definition) is 3. The Kier molecular flexibility index (Phi) is 14.4. The van der Waals surface area contributed by atoms with Crippen molar-refractivity contribution >= 4 is 11.9 Å². The van der Waals surface area contributed by atoms with Gasteiger partial charge in [-0.05, 0) is 64.9 Å². The number of allylic oxidation sites excluding steroid dienone is 5. The van der Waals surface area contributed by atoms with E-state index in [0.29, 0.717) is 18.5 Å². The Hall–Kier alpha value is -2.12. The van der Waals surface area contributed by atoms with Crippen LogP contribution in [0, 0.1) is 5.92 Å². The molecule has 0 radical (unpaired) electrons. The van der Waals surface area contributed by atoms with Gasteiger partial charge in [-0.1, -0.05) is 36.3 Å². The molecule has 1 amide bonds. The van der Waals surface area contributed by atoms with E-state index in [9.17, 15) is 4.79 Å². The molecule has 1 aliphatic rings. The van der Waals surface area contributed by atoms with Crippen LogP contribution in [0.25, 0.3) is 0 Å². The molecule has 1 aliphatic heterocycles. The first kappa shape index (κ1) is 28.9. The number of aliphatic imine (C=N–C) groups is 1. The molecule has 6 N–H and O–H groups in total. The van der Waals surface area contributed by atoms with Crippen molar-refractivity contribution in [3.05, 3.63) is 35.5 Å². The highest BCUT2D eigenvalue weighted by Gasteiger charge is 2.30. The zero-order valence-electron chi connectivity index (χ0n) is 21.7. The van der Waals surface area contributed by atoms with Crippen molar-refractivity contribution in [1.29, 1.82) is 0 Å². The second-order valence-electron chi connectivity index (χ2n) is 9.80. The normalized spacial score (nSPS) is 20.1. The predicted octanol–water partition coefficient (Wildman–Crippen LogP) is 1.98. The predicted molar refractivity (Wildman–Crippen MR) is 140 cm³/mol. The number of nitrogens with one attached hydrogen (secondary N) is 2. The molecule has 0 aliphatic carbocycles. The van der Waals surface area contributed by atoms with Crippen LogP contribution in [0.3, 0.4) is 0 Å². The van der Waals surface area contributed by atoms with Gasteiger partial charge in [0.05, 0.1) is 13.6 Å². The minimum absolute atomic E-state index is 0.0139. The first-order valence-electron chi connectivity index (χ1n) is 12.5. The number of hydrogen-bond donors (Lipinski definition) is 4. The minimum Gasteiger partial charge on any atom is -0.370 e. The standard InChI is InChI=1S/C26H48N6O/c1-21(2)9-6-10-22(3)11-7-12-23(4)13-14-25(33)29-17-15-24-19-32(20-31(24)5)18-8-16-30-26(27)28/h9,11,13-14,23-24H,6-8,10,12,15-20H2,1-5H3,(H,29,33)(H4,27,28,30)/p+1. The van der Waals surface area contributed by atoms with Gasteiger partial charge in [0.1, 0.15) is 12.7 Å². The fourth-order valence-electron chi connectivity index (χ4n) is 4.08. The number of guanidine groups is 1. The molecule has 0 spiro atoms. The lowest BCUT2D eigenvalue weighted by Crippen LogP contribution is -3.11. The molecule has 0 bridgehead atoms. The van der Waals surface area contributed by atoms with Crippen LogP contribution in [0.2, 0.25) is 0 Å². The molecule has 0 aromatic heterocycles. The second-order valence-corrected chi connectivity index (χ2v) is 9.80. The molecule has 188 valence electrons. The van der Waals surface area contributed by atoms with Gasteiger partial charge in [0.15, 0.2) is 5.96 Å². The molecular weight excluding hydrogens is 412 g/mol. The summed E-state index contributed by atoms with van der Waals surface area (Å²) in [6, 6.07) is 0.544. The van der Waals surface area contributed by atoms with Crippen molar-refractivity contribution in [1.82, 2.24) is 10.2 Å². The molecular formula is C26H49N6O+. The van der Waals surface area contributed by atoms with Crippen LogP contribution in [0.4, 0.5) is 0 Å². The Balaban J connectivity index is 2.20. The smallest absolute Gasteiger partial charge is 0.243 e. The fraction of sp³-hybridized carbons (Fsp3) is 0.692. The van der Waals surface area contributed by atoms with Crippen LogP contribution < -0.4 is 21.7 Å². The summed E-state index contributed by atoms with van der Waals surface area (Å²) in [6.07, 6.45) is 14.7. The molecule has 0 saturated carbocycles. The van der Waals surface area contributed by atoms with E-state index in [1.54, 1.807) is 6.08 Å². The van der Waals surface area contributed by atoms with Crippen LogP contribution in [0.1, 0.15) is 66.2 Å². The molecule has 1 rings (SSSR count). The van der Waals surface area contributed by atoms with E-state index in [4.69, 9.17) is 11.5 Å². The van der Waals surface area contributed by atoms with Crippen molar-refractivity contribution in [2.45, 2.75) is 72.3 Å². The maximum absolute atomic E-state index is 12.2. The molecule has 1 fully saturated rings. The highest BCUT2D eigenvalue weighted by molar-refractivity contribution is 5.87. The third-order valence-electron chi connectivity index (χ3n) is 6.15. The summed E-state index contributed by atoms with van der Waals surface area (Å²) in [5.41, 5.74) is 13.6. The van der Waals surface area contributed by atoms with Crippen LogP contribution in [-0.2, 0) is 4.79 Å². The number of amides is 1. The number of likely N-dealkylation sites (N-methyl/N-ethyl adjacent to an activating group) is 1.